The molecule has 4 nitrogen and oxygen atoms in total. The van der Waals surface area contributed by atoms with Gasteiger partial charge in [-0.3, -0.25) is 10.1 Å². The molecule has 0 fully saturated rings. The number of nitro benzene ring substituents is 1. The average molecular weight is 246 g/mol. The predicted molar refractivity (Wildman–Crippen MR) is 62.7 cm³/mol. The van der Waals surface area contributed by atoms with Gasteiger partial charge < -0.3 is 4.74 Å². The van der Waals surface area contributed by atoms with Gasteiger partial charge in [-0.1, -0.05) is 18.2 Å². The second-order valence-electron chi connectivity index (χ2n) is 3.52. The molecule has 0 saturated carbocycles. The standard InChI is InChI=1S/C13H9FNO3/c14-12-7-4-8-13(15(16)17)11(12)9-18-10-5-2-1-3-6-10/h1-2,4-8H,9H2. The minimum atomic E-state index is -0.649. The summed E-state index contributed by atoms with van der Waals surface area (Å²) in [6.07, 6.45) is 0. The van der Waals surface area contributed by atoms with E-state index >= 15 is 0 Å². The van der Waals surface area contributed by atoms with E-state index in [2.05, 4.69) is 6.07 Å². The van der Waals surface area contributed by atoms with Crippen LogP contribution in [-0.2, 0) is 6.61 Å². The Bertz CT molecular complexity index is 557. The van der Waals surface area contributed by atoms with Gasteiger partial charge >= 0.3 is 0 Å². The van der Waals surface area contributed by atoms with Gasteiger partial charge in [-0.15, -0.1) is 0 Å². The fraction of sp³-hybridized carbons (Fsp3) is 0.0769. The SMILES string of the molecule is O=[N+]([O-])c1cccc(F)c1COc1c[c]ccc1. The highest BCUT2D eigenvalue weighted by molar-refractivity contribution is 5.40. The van der Waals surface area contributed by atoms with Crippen molar-refractivity contribution in [2.24, 2.45) is 0 Å². The van der Waals surface area contributed by atoms with E-state index in [-0.39, 0.29) is 17.9 Å². The van der Waals surface area contributed by atoms with Crippen LogP contribution < -0.4 is 4.74 Å². The van der Waals surface area contributed by atoms with Crippen LogP contribution in [0.5, 0.6) is 5.75 Å². The topological polar surface area (TPSA) is 52.4 Å². The van der Waals surface area contributed by atoms with Crippen molar-refractivity contribution in [2.45, 2.75) is 6.61 Å². The van der Waals surface area contributed by atoms with Crippen LogP contribution in [0.4, 0.5) is 10.1 Å². The summed E-state index contributed by atoms with van der Waals surface area (Å²) < 4.78 is 18.8. The molecule has 91 valence electrons. The number of hydrogen-bond acceptors (Lipinski definition) is 3. The second kappa shape index (κ2) is 5.27. The average Bonchev–Trinajstić information content (AvgIpc) is 2.38. The molecule has 0 atom stereocenters. The Hall–Kier alpha value is -2.43. The first-order valence-corrected chi connectivity index (χ1v) is 5.19. The molecule has 2 aromatic rings. The number of ether oxygens (including phenoxy) is 1. The van der Waals surface area contributed by atoms with Crippen molar-refractivity contribution in [3.8, 4) is 5.75 Å². The zero-order valence-electron chi connectivity index (χ0n) is 9.30. The van der Waals surface area contributed by atoms with Crippen molar-refractivity contribution in [3.05, 3.63) is 70.0 Å². The summed E-state index contributed by atoms with van der Waals surface area (Å²) in [5.74, 6) is -0.167. The Labute approximate surface area is 103 Å². The molecule has 0 saturated heterocycles. The van der Waals surface area contributed by atoms with Gasteiger partial charge in [0.25, 0.3) is 5.69 Å². The van der Waals surface area contributed by atoms with E-state index in [0.29, 0.717) is 5.75 Å². The molecule has 0 aliphatic carbocycles. The zero-order valence-corrected chi connectivity index (χ0v) is 9.30. The molecular formula is C13H9FNO3. The molecule has 0 bridgehead atoms. The molecular weight excluding hydrogens is 237 g/mol. The Kier molecular flexibility index (Phi) is 3.52. The maximum Gasteiger partial charge on any atom is 0.278 e. The van der Waals surface area contributed by atoms with E-state index in [0.717, 1.165) is 0 Å². The fourth-order valence-electron chi connectivity index (χ4n) is 1.48. The van der Waals surface area contributed by atoms with Crippen LogP contribution in [0.25, 0.3) is 0 Å². The molecule has 2 rings (SSSR count). The number of hydrogen-bond donors (Lipinski definition) is 0. The van der Waals surface area contributed by atoms with Crippen molar-refractivity contribution in [2.75, 3.05) is 0 Å². The lowest BCUT2D eigenvalue weighted by Crippen LogP contribution is -2.03. The number of nitrogens with zero attached hydrogens (tertiary/aromatic N) is 1. The van der Waals surface area contributed by atoms with Crippen molar-refractivity contribution >= 4 is 5.69 Å². The summed E-state index contributed by atoms with van der Waals surface area (Å²) in [5, 5.41) is 10.8. The third-order valence-corrected chi connectivity index (χ3v) is 2.35. The minimum Gasteiger partial charge on any atom is -0.489 e. The summed E-state index contributed by atoms with van der Waals surface area (Å²) in [6.45, 7) is -0.194. The number of halogens is 1. The van der Waals surface area contributed by atoms with Gasteiger partial charge in [-0.2, -0.15) is 0 Å². The molecule has 0 heterocycles. The largest absolute Gasteiger partial charge is 0.489 e. The molecule has 0 aromatic heterocycles. The van der Waals surface area contributed by atoms with Gasteiger partial charge in [0.05, 0.1) is 4.92 Å². The lowest BCUT2D eigenvalue weighted by atomic mass is 10.2. The van der Waals surface area contributed by atoms with Gasteiger partial charge in [-0.25, -0.2) is 4.39 Å². The molecule has 0 unspecified atom stereocenters. The summed E-state index contributed by atoms with van der Waals surface area (Å²) in [7, 11) is 0. The maximum atomic E-state index is 13.5. The van der Waals surface area contributed by atoms with E-state index in [1.807, 2.05) is 0 Å². The summed E-state index contributed by atoms with van der Waals surface area (Å²) >= 11 is 0. The summed E-state index contributed by atoms with van der Waals surface area (Å²) in [6, 6.07) is 13.2. The summed E-state index contributed by atoms with van der Waals surface area (Å²) in [5.41, 5.74) is -0.346. The molecule has 0 aliphatic heterocycles. The Morgan fingerprint density at radius 2 is 2.17 bits per heavy atom. The fourth-order valence-corrected chi connectivity index (χ4v) is 1.48. The van der Waals surface area contributed by atoms with Crippen LogP contribution >= 0.6 is 0 Å². The lowest BCUT2D eigenvalue weighted by molar-refractivity contribution is -0.386. The summed E-state index contributed by atoms with van der Waals surface area (Å²) in [4.78, 5) is 10.1. The first kappa shape index (κ1) is 12.0. The van der Waals surface area contributed by atoms with Gasteiger partial charge in [0.2, 0.25) is 0 Å². The normalized spacial score (nSPS) is 10.1. The van der Waals surface area contributed by atoms with Crippen LogP contribution in [0.1, 0.15) is 5.56 Å². The zero-order chi connectivity index (χ0) is 13.0. The molecule has 0 spiro atoms. The molecule has 2 aromatic carbocycles. The van der Waals surface area contributed by atoms with E-state index < -0.39 is 10.7 Å². The minimum absolute atomic E-state index is 0.0636. The first-order valence-electron chi connectivity index (χ1n) is 5.19. The second-order valence-corrected chi connectivity index (χ2v) is 3.52. The van der Waals surface area contributed by atoms with E-state index in [1.54, 1.807) is 24.3 Å². The number of rotatable bonds is 4. The highest BCUT2D eigenvalue weighted by Gasteiger charge is 2.17. The molecule has 5 heteroatoms. The lowest BCUT2D eigenvalue weighted by Gasteiger charge is -2.07. The Balaban J connectivity index is 2.21. The van der Waals surface area contributed by atoms with Crippen molar-refractivity contribution in [1.82, 2.24) is 0 Å². The highest BCUT2D eigenvalue weighted by Crippen LogP contribution is 2.23. The van der Waals surface area contributed by atoms with Crippen LogP contribution in [0.2, 0.25) is 0 Å². The highest BCUT2D eigenvalue weighted by atomic mass is 19.1. The van der Waals surface area contributed by atoms with Crippen LogP contribution in [0.3, 0.4) is 0 Å². The third-order valence-electron chi connectivity index (χ3n) is 2.35. The van der Waals surface area contributed by atoms with Crippen molar-refractivity contribution in [3.63, 3.8) is 0 Å². The predicted octanol–water partition coefficient (Wildman–Crippen LogP) is 3.11. The Morgan fingerprint density at radius 3 is 2.83 bits per heavy atom. The molecule has 0 N–H and O–H groups in total. The third kappa shape index (κ3) is 2.63. The van der Waals surface area contributed by atoms with Crippen molar-refractivity contribution < 1.29 is 14.1 Å². The monoisotopic (exact) mass is 246 g/mol. The smallest absolute Gasteiger partial charge is 0.278 e. The molecule has 18 heavy (non-hydrogen) atoms. The number of nitro groups is 1. The van der Waals surface area contributed by atoms with Gasteiger partial charge in [0.1, 0.15) is 23.7 Å². The van der Waals surface area contributed by atoms with Gasteiger partial charge in [0.15, 0.2) is 0 Å². The van der Waals surface area contributed by atoms with Gasteiger partial charge in [0, 0.05) is 6.07 Å². The van der Waals surface area contributed by atoms with E-state index in [4.69, 9.17) is 4.74 Å². The van der Waals surface area contributed by atoms with Crippen molar-refractivity contribution in [1.29, 1.82) is 0 Å². The first-order chi connectivity index (χ1) is 8.68. The van der Waals surface area contributed by atoms with Crippen LogP contribution in [0.15, 0.2) is 42.5 Å². The van der Waals surface area contributed by atoms with Gasteiger partial charge in [-0.05, 0) is 24.3 Å². The maximum absolute atomic E-state index is 13.5. The van der Waals surface area contributed by atoms with Crippen LogP contribution in [-0.4, -0.2) is 4.92 Å². The Morgan fingerprint density at radius 1 is 1.33 bits per heavy atom. The molecule has 0 amide bonds. The molecule has 0 aliphatic rings. The quantitative estimate of drug-likeness (QED) is 0.615. The molecule has 1 radical (unpaired) electrons. The van der Waals surface area contributed by atoms with E-state index in [9.17, 15) is 14.5 Å². The van der Waals surface area contributed by atoms with E-state index in [1.165, 1.54) is 18.2 Å². The number of benzene rings is 2. The van der Waals surface area contributed by atoms with Crippen LogP contribution in [0, 0.1) is 22.0 Å².